The predicted molar refractivity (Wildman–Crippen MR) is 68.8 cm³/mol. The van der Waals surface area contributed by atoms with Crippen LogP contribution in [0.5, 0.6) is 0 Å². The Morgan fingerprint density at radius 3 is 2.56 bits per heavy atom. The molecule has 0 aliphatic carbocycles. The minimum absolute atomic E-state index is 0.152. The summed E-state index contributed by atoms with van der Waals surface area (Å²) in [6.45, 7) is 6.51. The molecule has 0 fully saturated rings. The molecular weight excluding hydrogens is 198 g/mol. The number of rotatable bonds is 0. The van der Waals surface area contributed by atoms with E-state index in [-0.39, 0.29) is 5.91 Å². The second-order valence-corrected chi connectivity index (χ2v) is 3.76. The predicted octanol–water partition coefficient (Wildman–Crippen LogP) is 3.40. The van der Waals surface area contributed by atoms with Gasteiger partial charge >= 0.3 is 0 Å². The third kappa shape index (κ3) is 2.84. The van der Waals surface area contributed by atoms with E-state index in [4.69, 9.17) is 0 Å². The van der Waals surface area contributed by atoms with Gasteiger partial charge in [-0.05, 0) is 30.9 Å². The van der Waals surface area contributed by atoms with E-state index < -0.39 is 0 Å². The van der Waals surface area contributed by atoms with Crippen LogP contribution in [0.1, 0.15) is 39.2 Å². The van der Waals surface area contributed by atoms with Gasteiger partial charge in [-0.3, -0.25) is 4.79 Å². The van der Waals surface area contributed by atoms with E-state index in [0.29, 0.717) is 0 Å². The van der Waals surface area contributed by atoms with Gasteiger partial charge in [0, 0.05) is 19.2 Å². The molecule has 88 valence electrons. The van der Waals surface area contributed by atoms with Gasteiger partial charge in [-0.15, -0.1) is 0 Å². The van der Waals surface area contributed by atoms with E-state index in [2.05, 4.69) is 6.07 Å². The first-order valence-corrected chi connectivity index (χ1v) is 6.15. The first-order valence-electron chi connectivity index (χ1n) is 6.15. The number of fused-ring (bicyclic) bond motifs is 1. The van der Waals surface area contributed by atoms with Crippen LogP contribution in [0.3, 0.4) is 0 Å². The topological polar surface area (TPSA) is 20.3 Å². The molecule has 0 N–H and O–H groups in total. The summed E-state index contributed by atoms with van der Waals surface area (Å²) in [4.78, 5) is 13.3. The molecule has 0 saturated heterocycles. The molecular formula is C14H21NO. The van der Waals surface area contributed by atoms with Crippen LogP contribution in [0, 0.1) is 0 Å². The van der Waals surface area contributed by atoms with Gasteiger partial charge in [0.1, 0.15) is 0 Å². The lowest BCUT2D eigenvalue weighted by atomic mass is 10.1. The lowest BCUT2D eigenvalue weighted by Crippen LogP contribution is -2.29. The van der Waals surface area contributed by atoms with E-state index in [1.165, 1.54) is 12.0 Å². The smallest absolute Gasteiger partial charge is 0.223 e. The van der Waals surface area contributed by atoms with Crippen LogP contribution in [0.2, 0.25) is 0 Å². The number of aryl methyl sites for hydroxylation is 1. The SMILES string of the molecule is CC.CC(=O)N1CCCCc2ccccc21. The maximum absolute atomic E-state index is 11.4. The summed E-state index contributed by atoms with van der Waals surface area (Å²) in [7, 11) is 0. The molecule has 0 saturated carbocycles. The molecule has 0 bridgehead atoms. The Kier molecular flexibility index (Phi) is 5.03. The van der Waals surface area contributed by atoms with Gasteiger partial charge in [0.15, 0.2) is 0 Å². The largest absolute Gasteiger partial charge is 0.312 e. The number of amides is 1. The monoisotopic (exact) mass is 219 g/mol. The van der Waals surface area contributed by atoms with E-state index in [1.807, 2.05) is 36.9 Å². The van der Waals surface area contributed by atoms with Crippen molar-refractivity contribution in [1.29, 1.82) is 0 Å². The normalized spacial score (nSPS) is 14.3. The van der Waals surface area contributed by atoms with Crippen LogP contribution >= 0.6 is 0 Å². The molecule has 0 aromatic heterocycles. The summed E-state index contributed by atoms with van der Waals surface area (Å²) in [5.41, 5.74) is 2.41. The first kappa shape index (κ1) is 12.8. The Morgan fingerprint density at radius 2 is 1.88 bits per heavy atom. The molecule has 2 rings (SSSR count). The molecule has 1 aromatic rings. The zero-order valence-electron chi connectivity index (χ0n) is 10.5. The van der Waals surface area contributed by atoms with Gasteiger partial charge in [-0.1, -0.05) is 32.0 Å². The lowest BCUT2D eigenvalue weighted by Gasteiger charge is -2.20. The van der Waals surface area contributed by atoms with Crippen molar-refractivity contribution in [2.24, 2.45) is 0 Å². The summed E-state index contributed by atoms with van der Waals surface area (Å²) in [5.74, 6) is 0.152. The summed E-state index contributed by atoms with van der Waals surface area (Å²) in [6, 6.07) is 8.21. The maximum Gasteiger partial charge on any atom is 0.223 e. The van der Waals surface area contributed by atoms with Crippen molar-refractivity contribution in [3.05, 3.63) is 29.8 Å². The zero-order chi connectivity index (χ0) is 12.0. The Balaban J connectivity index is 0.000000606. The van der Waals surface area contributed by atoms with Gasteiger partial charge in [0.05, 0.1) is 0 Å². The van der Waals surface area contributed by atoms with E-state index in [0.717, 1.165) is 25.1 Å². The third-order valence-electron chi connectivity index (χ3n) is 2.74. The highest BCUT2D eigenvalue weighted by Crippen LogP contribution is 2.25. The quantitative estimate of drug-likeness (QED) is 0.655. The minimum Gasteiger partial charge on any atom is -0.312 e. The van der Waals surface area contributed by atoms with E-state index in [9.17, 15) is 4.79 Å². The molecule has 1 aliphatic rings. The number of hydrogen-bond acceptors (Lipinski definition) is 1. The van der Waals surface area contributed by atoms with Crippen molar-refractivity contribution < 1.29 is 4.79 Å². The molecule has 1 aliphatic heterocycles. The number of para-hydroxylation sites is 1. The fourth-order valence-corrected chi connectivity index (χ4v) is 2.02. The van der Waals surface area contributed by atoms with Crippen molar-refractivity contribution in [3.8, 4) is 0 Å². The lowest BCUT2D eigenvalue weighted by molar-refractivity contribution is -0.116. The summed E-state index contributed by atoms with van der Waals surface area (Å²) in [6.07, 6.45) is 3.38. The van der Waals surface area contributed by atoms with Crippen LogP contribution in [-0.4, -0.2) is 12.5 Å². The van der Waals surface area contributed by atoms with Crippen LogP contribution in [-0.2, 0) is 11.2 Å². The average Bonchev–Trinajstić information content (AvgIpc) is 2.53. The van der Waals surface area contributed by atoms with Gasteiger partial charge in [-0.2, -0.15) is 0 Å². The molecule has 16 heavy (non-hydrogen) atoms. The molecule has 1 amide bonds. The van der Waals surface area contributed by atoms with Crippen molar-refractivity contribution in [2.45, 2.75) is 40.0 Å². The number of hydrogen-bond donors (Lipinski definition) is 0. The molecule has 1 heterocycles. The Hall–Kier alpha value is -1.31. The van der Waals surface area contributed by atoms with Crippen molar-refractivity contribution in [2.75, 3.05) is 11.4 Å². The van der Waals surface area contributed by atoms with E-state index >= 15 is 0 Å². The molecule has 2 heteroatoms. The Labute approximate surface area is 98.3 Å². The number of carbonyl (C=O) groups excluding carboxylic acids is 1. The third-order valence-corrected chi connectivity index (χ3v) is 2.74. The first-order chi connectivity index (χ1) is 7.79. The number of nitrogens with zero attached hydrogens (tertiary/aromatic N) is 1. The van der Waals surface area contributed by atoms with Gasteiger partial charge in [0.25, 0.3) is 0 Å². The summed E-state index contributed by atoms with van der Waals surface area (Å²) < 4.78 is 0. The zero-order valence-corrected chi connectivity index (χ0v) is 10.5. The van der Waals surface area contributed by atoms with Crippen molar-refractivity contribution >= 4 is 11.6 Å². The van der Waals surface area contributed by atoms with Crippen LogP contribution in [0.15, 0.2) is 24.3 Å². The standard InChI is InChI=1S/C12H15NO.C2H6/c1-10(14)13-9-5-4-7-11-6-2-3-8-12(11)13;1-2/h2-3,6,8H,4-5,7,9H2,1H3;1-2H3. The number of carbonyl (C=O) groups is 1. The average molecular weight is 219 g/mol. The van der Waals surface area contributed by atoms with Gasteiger partial charge in [-0.25, -0.2) is 0 Å². The highest BCUT2D eigenvalue weighted by molar-refractivity contribution is 5.92. The summed E-state index contributed by atoms with van der Waals surface area (Å²) >= 11 is 0. The Bertz CT molecular complexity index is 346. The number of anilines is 1. The van der Waals surface area contributed by atoms with Gasteiger partial charge < -0.3 is 4.90 Å². The van der Waals surface area contributed by atoms with Crippen LogP contribution in [0.25, 0.3) is 0 Å². The fraction of sp³-hybridized carbons (Fsp3) is 0.500. The van der Waals surface area contributed by atoms with Crippen LogP contribution in [0.4, 0.5) is 5.69 Å². The number of benzene rings is 1. The fourth-order valence-electron chi connectivity index (χ4n) is 2.02. The second-order valence-electron chi connectivity index (χ2n) is 3.76. The van der Waals surface area contributed by atoms with Crippen molar-refractivity contribution in [1.82, 2.24) is 0 Å². The highest BCUT2D eigenvalue weighted by Gasteiger charge is 2.17. The minimum atomic E-state index is 0.152. The molecule has 1 aromatic carbocycles. The molecule has 0 unspecified atom stereocenters. The molecule has 0 spiro atoms. The highest BCUT2D eigenvalue weighted by atomic mass is 16.2. The molecule has 0 radical (unpaired) electrons. The molecule has 2 nitrogen and oxygen atoms in total. The van der Waals surface area contributed by atoms with Crippen molar-refractivity contribution in [3.63, 3.8) is 0 Å². The van der Waals surface area contributed by atoms with Gasteiger partial charge in [0.2, 0.25) is 5.91 Å². The van der Waals surface area contributed by atoms with Crippen LogP contribution < -0.4 is 4.90 Å². The second kappa shape index (κ2) is 6.31. The summed E-state index contributed by atoms with van der Waals surface area (Å²) in [5, 5.41) is 0. The van der Waals surface area contributed by atoms with E-state index in [1.54, 1.807) is 6.92 Å². The Morgan fingerprint density at radius 1 is 1.19 bits per heavy atom. The molecule has 0 atom stereocenters. The maximum atomic E-state index is 11.4.